The smallest absolute Gasteiger partial charge is 0.339 e. The number of anilines is 1. The molecule has 0 aliphatic carbocycles. The van der Waals surface area contributed by atoms with Crippen LogP contribution < -0.4 is 5.73 Å². The third kappa shape index (κ3) is 2.96. The fourth-order valence-electron chi connectivity index (χ4n) is 1.85. The van der Waals surface area contributed by atoms with Crippen LogP contribution in [0.4, 0.5) is 5.69 Å². The highest BCUT2D eigenvalue weighted by Crippen LogP contribution is 2.35. The van der Waals surface area contributed by atoms with Crippen LogP contribution in [0.5, 0.6) is 5.75 Å². The number of phenols is 1. The van der Waals surface area contributed by atoms with Gasteiger partial charge in [0.25, 0.3) is 10.1 Å². The molecule has 7 nitrogen and oxygen atoms in total. The Hall–Kier alpha value is -2.58. The van der Waals surface area contributed by atoms with E-state index in [-0.39, 0.29) is 21.7 Å². The summed E-state index contributed by atoms with van der Waals surface area (Å²) in [5.41, 5.74) is 5.88. The lowest BCUT2D eigenvalue weighted by molar-refractivity contribution is 0.0694. The topological polar surface area (TPSA) is 138 Å². The molecular weight excluding hydrogens is 298 g/mol. The van der Waals surface area contributed by atoms with Gasteiger partial charge in [0.2, 0.25) is 0 Å². The number of rotatable bonds is 3. The van der Waals surface area contributed by atoms with Crippen LogP contribution in [-0.2, 0) is 10.1 Å². The summed E-state index contributed by atoms with van der Waals surface area (Å²) in [6.45, 7) is 0. The summed E-state index contributed by atoms with van der Waals surface area (Å²) >= 11 is 0. The van der Waals surface area contributed by atoms with Crippen LogP contribution in [0.15, 0.2) is 41.3 Å². The van der Waals surface area contributed by atoms with Crippen molar-refractivity contribution < 1.29 is 28.0 Å². The lowest BCUT2D eigenvalue weighted by Crippen LogP contribution is -2.00. The number of nitrogen functional groups attached to an aromatic ring is 1. The molecule has 0 aromatic heterocycles. The van der Waals surface area contributed by atoms with Crippen molar-refractivity contribution in [2.45, 2.75) is 4.90 Å². The summed E-state index contributed by atoms with van der Waals surface area (Å²) < 4.78 is 30.8. The summed E-state index contributed by atoms with van der Waals surface area (Å²) in [6, 6.07) is 7.39. The van der Waals surface area contributed by atoms with Gasteiger partial charge in [-0.1, -0.05) is 12.1 Å². The number of carboxylic acid groups (broad SMARTS) is 1. The van der Waals surface area contributed by atoms with Gasteiger partial charge in [-0.05, 0) is 29.8 Å². The van der Waals surface area contributed by atoms with E-state index in [0.717, 1.165) is 18.2 Å². The highest BCUT2D eigenvalue weighted by Gasteiger charge is 2.17. The zero-order valence-electron chi connectivity index (χ0n) is 10.5. The number of aromatic hydroxyl groups is 1. The average molecular weight is 309 g/mol. The van der Waals surface area contributed by atoms with Crippen molar-refractivity contribution in [3.8, 4) is 16.9 Å². The molecule has 0 bridgehead atoms. The molecule has 0 unspecified atom stereocenters. The van der Waals surface area contributed by atoms with Gasteiger partial charge in [0.15, 0.2) is 0 Å². The molecular formula is C13H11NO6S. The molecule has 5 N–H and O–H groups in total. The molecule has 0 atom stereocenters. The molecule has 0 radical (unpaired) electrons. The number of hydrogen-bond acceptors (Lipinski definition) is 5. The fraction of sp³-hybridized carbons (Fsp3) is 0. The Labute approximate surface area is 120 Å². The first-order valence-electron chi connectivity index (χ1n) is 5.64. The second-order valence-electron chi connectivity index (χ2n) is 4.27. The molecule has 0 spiro atoms. The summed E-state index contributed by atoms with van der Waals surface area (Å²) in [5.74, 6) is -1.81. The quantitative estimate of drug-likeness (QED) is 0.383. The SMILES string of the molecule is Nc1cc(C(=O)O)c(O)c(-c2ccc(S(=O)(=O)O)cc2)c1. The Kier molecular flexibility index (Phi) is 3.58. The minimum absolute atomic E-state index is 0.138. The van der Waals surface area contributed by atoms with Crippen molar-refractivity contribution in [1.82, 2.24) is 0 Å². The predicted octanol–water partition coefficient (Wildman–Crippen LogP) is 1.59. The monoisotopic (exact) mass is 309 g/mol. The molecule has 0 saturated carbocycles. The molecule has 2 aromatic rings. The molecule has 0 aliphatic rings. The first kappa shape index (κ1) is 14.8. The van der Waals surface area contributed by atoms with Crippen LogP contribution >= 0.6 is 0 Å². The number of aromatic carboxylic acids is 1. The van der Waals surface area contributed by atoms with Gasteiger partial charge in [-0.25, -0.2) is 4.79 Å². The highest BCUT2D eigenvalue weighted by molar-refractivity contribution is 7.85. The minimum Gasteiger partial charge on any atom is -0.506 e. The first-order chi connectivity index (χ1) is 9.70. The van der Waals surface area contributed by atoms with Gasteiger partial charge in [-0.3, -0.25) is 4.55 Å². The van der Waals surface area contributed by atoms with Gasteiger partial charge in [-0.15, -0.1) is 0 Å². The van der Waals surface area contributed by atoms with E-state index in [1.165, 1.54) is 18.2 Å². The van der Waals surface area contributed by atoms with Gasteiger partial charge in [0.05, 0.1) is 4.90 Å². The van der Waals surface area contributed by atoms with Gasteiger partial charge in [0, 0.05) is 11.3 Å². The number of nitrogens with two attached hydrogens (primary N) is 1. The molecule has 0 heterocycles. The minimum atomic E-state index is -4.32. The molecule has 0 saturated heterocycles. The third-order valence-corrected chi connectivity index (χ3v) is 3.69. The summed E-state index contributed by atoms with van der Waals surface area (Å²) in [6.07, 6.45) is 0. The van der Waals surface area contributed by atoms with Gasteiger partial charge < -0.3 is 15.9 Å². The van der Waals surface area contributed by atoms with Crippen molar-refractivity contribution in [3.05, 3.63) is 42.0 Å². The van der Waals surface area contributed by atoms with Crippen LogP contribution in [-0.4, -0.2) is 29.2 Å². The van der Waals surface area contributed by atoms with E-state index in [9.17, 15) is 18.3 Å². The zero-order chi connectivity index (χ0) is 15.8. The Morgan fingerprint density at radius 3 is 2.14 bits per heavy atom. The van der Waals surface area contributed by atoms with Crippen LogP contribution in [0.3, 0.4) is 0 Å². The first-order valence-corrected chi connectivity index (χ1v) is 7.08. The van der Waals surface area contributed by atoms with Crippen molar-refractivity contribution >= 4 is 21.8 Å². The molecule has 110 valence electrons. The van der Waals surface area contributed by atoms with Crippen LogP contribution in [0.1, 0.15) is 10.4 Å². The number of hydrogen-bond donors (Lipinski definition) is 4. The summed E-state index contributed by atoms with van der Waals surface area (Å²) in [5, 5.41) is 18.9. The van der Waals surface area contributed by atoms with E-state index in [0.29, 0.717) is 5.56 Å². The second-order valence-corrected chi connectivity index (χ2v) is 5.69. The van der Waals surface area contributed by atoms with Crippen molar-refractivity contribution in [2.75, 3.05) is 5.73 Å². The number of benzene rings is 2. The van der Waals surface area contributed by atoms with Crippen molar-refractivity contribution in [3.63, 3.8) is 0 Å². The fourth-order valence-corrected chi connectivity index (χ4v) is 2.33. The Morgan fingerprint density at radius 2 is 1.67 bits per heavy atom. The van der Waals surface area contributed by atoms with E-state index in [1.807, 2.05) is 0 Å². The molecule has 2 aromatic carbocycles. The van der Waals surface area contributed by atoms with Gasteiger partial charge in [0.1, 0.15) is 11.3 Å². The van der Waals surface area contributed by atoms with E-state index in [1.54, 1.807) is 0 Å². The van der Waals surface area contributed by atoms with E-state index in [4.69, 9.17) is 15.4 Å². The largest absolute Gasteiger partial charge is 0.506 e. The zero-order valence-corrected chi connectivity index (χ0v) is 11.3. The molecule has 0 aliphatic heterocycles. The Bertz CT molecular complexity index is 811. The highest BCUT2D eigenvalue weighted by atomic mass is 32.2. The molecule has 0 amide bonds. The Morgan fingerprint density at radius 1 is 1.10 bits per heavy atom. The maximum Gasteiger partial charge on any atom is 0.339 e. The van der Waals surface area contributed by atoms with Crippen LogP contribution in [0.25, 0.3) is 11.1 Å². The summed E-state index contributed by atoms with van der Waals surface area (Å²) in [4.78, 5) is 10.7. The predicted molar refractivity (Wildman–Crippen MR) is 74.7 cm³/mol. The number of carboxylic acids is 1. The standard InChI is InChI=1S/C13H11NO6S/c14-8-5-10(12(15)11(6-8)13(16)17)7-1-3-9(4-2-7)21(18,19)20/h1-6,15H,14H2,(H,16,17)(H,18,19,20). The van der Waals surface area contributed by atoms with Crippen LogP contribution in [0, 0.1) is 0 Å². The molecule has 8 heteroatoms. The van der Waals surface area contributed by atoms with Crippen LogP contribution in [0.2, 0.25) is 0 Å². The maximum absolute atomic E-state index is 11.0. The van der Waals surface area contributed by atoms with Crippen molar-refractivity contribution in [2.24, 2.45) is 0 Å². The Balaban J connectivity index is 2.60. The maximum atomic E-state index is 11.0. The van der Waals surface area contributed by atoms with E-state index >= 15 is 0 Å². The van der Waals surface area contributed by atoms with E-state index < -0.39 is 21.8 Å². The molecule has 21 heavy (non-hydrogen) atoms. The normalized spacial score (nSPS) is 11.3. The number of carbonyl (C=O) groups is 1. The second kappa shape index (κ2) is 5.08. The molecule has 0 fully saturated rings. The van der Waals surface area contributed by atoms with Crippen molar-refractivity contribution in [1.29, 1.82) is 0 Å². The van der Waals surface area contributed by atoms with Gasteiger partial charge >= 0.3 is 5.97 Å². The van der Waals surface area contributed by atoms with E-state index in [2.05, 4.69) is 0 Å². The lowest BCUT2D eigenvalue weighted by atomic mass is 10.0. The molecule has 2 rings (SSSR count). The third-order valence-electron chi connectivity index (χ3n) is 2.83. The summed E-state index contributed by atoms with van der Waals surface area (Å²) in [7, 11) is -4.32. The van der Waals surface area contributed by atoms with Gasteiger partial charge in [-0.2, -0.15) is 8.42 Å². The average Bonchev–Trinajstić information content (AvgIpc) is 2.40. The lowest BCUT2D eigenvalue weighted by Gasteiger charge is -2.09.